The van der Waals surface area contributed by atoms with E-state index in [9.17, 15) is 13.5 Å². The van der Waals surface area contributed by atoms with Crippen LogP contribution < -0.4 is 0 Å². The smallest absolute Gasteiger partial charge is 0.260 e. The lowest BCUT2D eigenvalue weighted by molar-refractivity contribution is 0.0194. The Bertz CT molecular complexity index is 996. The van der Waals surface area contributed by atoms with Gasteiger partial charge in [0.1, 0.15) is 0 Å². The molecule has 0 amide bonds. The quantitative estimate of drug-likeness (QED) is 0.863. The average Bonchev–Trinajstić information content (AvgIpc) is 3.30. The summed E-state index contributed by atoms with van der Waals surface area (Å²) in [6, 6.07) is 7.81. The Morgan fingerprint density at radius 3 is 2.78 bits per heavy atom. The Morgan fingerprint density at radius 2 is 2.04 bits per heavy atom. The first-order valence-corrected chi connectivity index (χ1v) is 10.6. The Labute approximate surface area is 158 Å². The van der Waals surface area contributed by atoms with Crippen LogP contribution >= 0.6 is 0 Å². The van der Waals surface area contributed by atoms with Crippen LogP contribution in [0.25, 0.3) is 6.08 Å². The molecule has 0 unspecified atom stereocenters. The van der Waals surface area contributed by atoms with E-state index in [1.165, 1.54) is 4.31 Å². The zero-order chi connectivity index (χ0) is 19.2. The number of aryl methyl sites for hydroxylation is 1. The molecule has 0 radical (unpaired) electrons. The number of nitrogens with zero attached hydrogens (tertiary/aromatic N) is 3. The summed E-state index contributed by atoms with van der Waals surface area (Å²) < 4.78 is 32.8. The molecule has 1 fully saturated rings. The Morgan fingerprint density at radius 1 is 1.26 bits per heavy atom. The molecule has 2 aromatic rings. The van der Waals surface area contributed by atoms with Gasteiger partial charge in [-0.1, -0.05) is 43.3 Å². The van der Waals surface area contributed by atoms with Gasteiger partial charge in [0.15, 0.2) is 11.4 Å². The maximum absolute atomic E-state index is 13.1. The molecule has 1 atom stereocenters. The van der Waals surface area contributed by atoms with Crippen LogP contribution in [0.2, 0.25) is 0 Å². The Balaban J connectivity index is 1.58. The molecule has 144 valence electrons. The molecule has 2 heterocycles. The molecule has 0 saturated carbocycles. The number of aliphatic hydroxyl groups is 1. The van der Waals surface area contributed by atoms with Crippen molar-refractivity contribution >= 4 is 16.1 Å². The Hall–Kier alpha value is -2.03. The summed E-state index contributed by atoms with van der Waals surface area (Å²) in [5.74, 6) is 0.665. The minimum Gasteiger partial charge on any atom is -0.379 e. The summed E-state index contributed by atoms with van der Waals surface area (Å²) in [6.07, 6.45) is 3.14. The van der Waals surface area contributed by atoms with Crippen molar-refractivity contribution < 1.29 is 18.0 Å². The third-order valence-corrected chi connectivity index (χ3v) is 7.23. The van der Waals surface area contributed by atoms with Gasteiger partial charge >= 0.3 is 0 Å². The molecule has 1 aliphatic heterocycles. The molecule has 1 saturated heterocycles. The van der Waals surface area contributed by atoms with Crippen LogP contribution in [0.5, 0.6) is 0 Å². The number of fused-ring (bicyclic) bond motifs is 1. The van der Waals surface area contributed by atoms with E-state index < -0.39 is 15.6 Å². The third kappa shape index (κ3) is 3.22. The highest BCUT2D eigenvalue weighted by Gasteiger charge is 2.47. The lowest BCUT2D eigenvalue weighted by atomic mass is 9.98. The van der Waals surface area contributed by atoms with E-state index in [-0.39, 0.29) is 31.3 Å². The Kier molecular flexibility index (Phi) is 4.44. The lowest BCUT2D eigenvalue weighted by Gasteiger charge is -2.23. The monoisotopic (exact) mass is 389 g/mol. The van der Waals surface area contributed by atoms with Gasteiger partial charge < -0.3 is 9.63 Å². The van der Waals surface area contributed by atoms with Gasteiger partial charge in [0.05, 0.1) is 11.4 Å². The summed E-state index contributed by atoms with van der Waals surface area (Å²) in [7, 11) is -3.65. The van der Waals surface area contributed by atoms with Gasteiger partial charge in [-0.15, -0.1) is 0 Å². The van der Waals surface area contributed by atoms with Crippen molar-refractivity contribution in [2.45, 2.75) is 44.6 Å². The highest BCUT2D eigenvalue weighted by atomic mass is 32.2. The molecule has 0 spiro atoms. The number of benzene rings is 1. The number of β-amino-alcohol motifs (C(OH)–C–C–N with tert-alkyl or cyclic N) is 1. The van der Waals surface area contributed by atoms with Gasteiger partial charge in [-0.05, 0) is 30.0 Å². The van der Waals surface area contributed by atoms with E-state index in [1.54, 1.807) is 6.08 Å². The molecule has 27 heavy (non-hydrogen) atoms. The molecular formula is C19H23N3O4S. The summed E-state index contributed by atoms with van der Waals surface area (Å²) in [6.45, 7) is 4.00. The van der Waals surface area contributed by atoms with Crippen molar-refractivity contribution in [3.63, 3.8) is 0 Å². The fourth-order valence-electron chi connectivity index (χ4n) is 3.57. The molecule has 4 rings (SSSR count). The number of sulfonamides is 1. The highest BCUT2D eigenvalue weighted by Crippen LogP contribution is 2.36. The number of rotatable bonds is 4. The van der Waals surface area contributed by atoms with E-state index >= 15 is 0 Å². The van der Waals surface area contributed by atoms with E-state index in [1.807, 2.05) is 38.1 Å². The van der Waals surface area contributed by atoms with E-state index in [2.05, 4.69) is 10.1 Å². The largest absolute Gasteiger partial charge is 0.379 e. The summed E-state index contributed by atoms with van der Waals surface area (Å²) >= 11 is 0. The number of hydrogen-bond acceptors (Lipinski definition) is 6. The molecule has 7 nitrogen and oxygen atoms in total. The van der Waals surface area contributed by atoms with Gasteiger partial charge in [0.25, 0.3) is 5.89 Å². The molecule has 1 aromatic heterocycles. The first kappa shape index (κ1) is 18.3. The number of allylic oxidation sites excluding steroid dienone is 1. The summed E-state index contributed by atoms with van der Waals surface area (Å²) in [4.78, 5) is 4.65. The molecule has 1 aromatic carbocycles. The number of aromatic nitrogens is 2. The molecular weight excluding hydrogens is 366 g/mol. The lowest BCUT2D eigenvalue weighted by Crippen LogP contribution is -2.35. The maximum Gasteiger partial charge on any atom is 0.260 e. The van der Waals surface area contributed by atoms with Crippen LogP contribution in [0, 0.1) is 0 Å². The average molecular weight is 389 g/mol. The number of hydrogen-bond donors (Lipinski definition) is 1. The minimum atomic E-state index is -3.65. The van der Waals surface area contributed by atoms with Crippen LogP contribution in [-0.2, 0) is 22.0 Å². The zero-order valence-corrected chi connectivity index (χ0v) is 16.2. The highest BCUT2D eigenvalue weighted by molar-refractivity contribution is 7.93. The molecule has 1 aliphatic carbocycles. The topological polar surface area (TPSA) is 96.5 Å². The van der Waals surface area contributed by atoms with E-state index in [4.69, 9.17) is 4.52 Å². The van der Waals surface area contributed by atoms with Crippen LogP contribution in [0.15, 0.2) is 33.7 Å². The summed E-state index contributed by atoms with van der Waals surface area (Å²) in [5, 5.41) is 14.8. The standard InChI is InChI=1S/C19H23N3O4S/c1-13(2)17-20-18(26-21-17)19(23)9-10-22(12-19)27(24,25)16-8-7-14-5-3-4-6-15(14)11-16/h3-6,11,13,23H,7-10,12H2,1-2H3/t19-/m1/s1. The van der Waals surface area contributed by atoms with Gasteiger partial charge in [0, 0.05) is 18.9 Å². The predicted octanol–water partition coefficient (Wildman–Crippen LogP) is 2.40. The van der Waals surface area contributed by atoms with Crippen molar-refractivity contribution in [3.8, 4) is 0 Å². The SMILES string of the molecule is CC(C)c1noc([C@@]2(O)CCN(S(=O)(=O)C3=Cc4ccccc4CC3)C2)n1. The third-order valence-electron chi connectivity index (χ3n) is 5.25. The van der Waals surface area contributed by atoms with Crippen molar-refractivity contribution in [1.29, 1.82) is 0 Å². The second-order valence-corrected chi connectivity index (χ2v) is 9.53. The van der Waals surface area contributed by atoms with Gasteiger partial charge in [-0.3, -0.25) is 0 Å². The van der Waals surface area contributed by atoms with Crippen LogP contribution in [0.3, 0.4) is 0 Å². The first-order chi connectivity index (χ1) is 12.8. The summed E-state index contributed by atoms with van der Waals surface area (Å²) in [5.41, 5.74) is 0.650. The van der Waals surface area contributed by atoms with Crippen molar-refractivity contribution in [3.05, 3.63) is 52.0 Å². The normalized spacial score (nSPS) is 23.5. The van der Waals surface area contributed by atoms with Crippen molar-refractivity contribution in [2.75, 3.05) is 13.1 Å². The molecule has 0 bridgehead atoms. The van der Waals surface area contributed by atoms with Gasteiger partial charge in [-0.2, -0.15) is 9.29 Å². The van der Waals surface area contributed by atoms with Crippen LogP contribution in [-0.4, -0.2) is 41.1 Å². The second kappa shape index (κ2) is 6.54. The second-order valence-electron chi connectivity index (χ2n) is 7.54. The van der Waals surface area contributed by atoms with Gasteiger partial charge in [0.2, 0.25) is 10.0 Å². The van der Waals surface area contributed by atoms with Crippen LogP contribution in [0.1, 0.15) is 55.4 Å². The minimum absolute atomic E-state index is 0.0693. The molecule has 8 heteroatoms. The maximum atomic E-state index is 13.1. The van der Waals surface area contributed by atoms with Crippen molar-refractivity contribution in [1.82, 2.24) is 14.4 Å². The fraction of sp³-hybridized carbons (Fsp3) is 0.474. The van der Waals surface area contributed by atoms with Crippen molar-refractivity contribution in [2.24, 2.45) is 0 Å². The first-order valence-electron chi connectivity index (χ1n) is 9.15. The van der Waals surface area contributed by atoms with E-state index in [0.29, 0.717) is 23.6 Å². The van der Waals surface area contributed by atoms with Crippen LogP contribution in [0.4, 0.5) is 0 Å². The zero-order valence-electron chi connectivity index (χ0n) is 15.4. The predicted molar refractivity (Wildman–Crippen MR) is 100 cm³/mol. The fourth-order valence-corrected chi connectivity index (χ4v) is 5.26. The molecule has 2 aliphatic rings. The van der Waals surface area contributed by atoms with E-state index in [0.717, 1.165) is 11.1 Å². The van der Waals surface area contributed by atoms with Gasteiger partial charge in [-0.25, -0.2) is 8.42 Å². The molecule has 1 N–H and O–H groups in total.